The first kappa shape index (κ1) is 26.5. The summed E-state index contributed by atoms with van der Waals surface area (Å²) in [6, 6.07) is 0. The minimum atomic E-state index is 0.385. The molecule has 172 valence electrons. The van der Waals surface area contributed by atoms with Crippen molar-refractivity contribution in [2.24, 2.45) is 0 Å². The monoisotopic (exact) mass is 409 g/mol. The molecule has 1 saturated heterocycles. The number of hydrogen-bond acceptors (Lipinski definition) is 2. The van der Waals surface area contributed by atoms with Crippen molar-refractivity contribution in [3.8, 4) is 0 Å². The number of hydrogen-bond donors (Lipinski definition) is 0. The predicted octanol–water partition coefficient (Wildman–Crippen LogP) is 7.66. The highest BCUT2D eigenvalue weighted by atomic mass is 16.6. The number of epoxide rings is 1. The summed E-state index contributed by atoms with van der Waals surface area (Å²) in [6.07, 6.45) is 23.5. The molecule has 0 N–H and O–H groups in total. The first-order chi connectivity index (χ1) is 14.2. The van der Waals surface area contributed by atoms with Crippen LogP contribution in [0.2, 0.25) is 0 Å². The zero-order valence-electron chi connectivity index (χ0n) is 20.1. The normalized spacial score (nSPS) is 18.2. The Morgan fingerprint density at radius 1 is 0.621 bits per heavy atom. The van der Waals surface area contributed by atoms with Crippen molar-refractivity contribution < 1.29 is 9.53 Å². The molecular weight excluding hydrogens is 358 g/mol. The van der Waals surface area contributed by atoms with Crippen LogP contribution in [-0.4, -0.2) is 36.1 Å². The highest BCUT2D eigenvalue weighted by Gasteiger charge is 2.36. The van der Waals surface area contributed by atoms with E-state index in [0.29, 0.717) is 18.1 Å². The lowest BCUT2D eigenvalue weighted by atomic mass is 10.0. The van der Waals surface area contributed by atoms with Gasteiger partial charge in [-0.1, -0.05) is 97.8 Å². The molecule has 0 aromatic carbocycles. The minimum Gasteiger partial charge on any atom is -0.370 e. The van der Waals surface area contributed by atoms with Crippen LogP contribution in [0.1, 0.15) is 136 Å². The molecule has 1 heterocycles. The Balaban J connectivity index is 1.92. The number of amides is 1. The average molecular weight is 410 g/mol. The lowest BCUT2D eigenvalue weighted by Crippen LogP contribution is -2.32. The maximum absolute atomic E-state index is 12.4. The maximum Gasteiger partial charge on any atom is 0.222 e. The van der Waals surface area contributed by atoms with E-state index in [9.17, 15) is 4.79 Å². The van der Waals surface area contributed by atoms with Gasteiger partial charge < -0.3 is 9.64 Å². The van der Waals surface area contributed by atoms with Crippen LogP contribution in [0.25, 0.3) is 0 Å². The summed E-state index contributed by atoms with van der Waals surface area (Å²) < 4.78 is 5.84. The first-order valence-corrected chi connectivity index (χ1v) is 13.2. The summed E-state index contributed by atoms with van der Waals surface area (Å²) in [5, 5.41) is 0. The molecule has 0 aromatic heterocycles. The largest absolute Gasteiger partial charge is 0.370 e. The van der Waals surface area contributed by atoms with Crippen LogP contribution in [-0.2, 0) is 9.53 Å². The van der Waals surface area contributed by atoms with Gasteiger partial charge in [0.1, 0.15) is 0 Å². The number of carbonyl (C=O) groups excluding carboxylic acids is 1. The Morgan fingerprint density at radius 2 is 1.07 bits per heavy atom. The molecule has 1 rings (SSSR count). The van der Waals surface area contributed by atoms with Crippen molar-refractivity contribution >= 4 is 5.91 Å². The van der Waals surface area contributed by atoms with Gasteiger partial charge in [0.25, 0.3) is 0 Å². The number of ether oxygens (including phenoxy) is 1. The van der Waals surface area contributed by atoms with Crippen LogP contribution in [0.3, 0.4) is 0 Å². The molecular formula is C26H51NO2. The van der Waals surface area contributed by atoms with E-state index in [4.69, 9.17) is 4.74 Å². The van der Waals surface area contributed by atoms with Crippen LogP contribution in [0.4, 0.5) is 0 Å². The third-order valence-electron chi connectivity index (χ3n) is 6.33. The van der Waals surface area contributed by atoms with Crippen LogP contribution in [0, 0.1) is 0 Å². The summed E-state index contributed by atoms with van der Waals surface area (Å²) in [5.74, 6) is 0.385. The van der Waals surface area contributed by atoms with Crippen molar-refractivity contribution in [2.45, 2.75) is 149 Å². The topological polar surface area (TPSA) is 32.8 Å². The third kappa shape index (κ3) is 14.1. The molecule has 1 fully saturated rings. The van der Waals surface area contributed by atoms with E-state index in [-0.39, 0.29) is 0 Å². The van der Waals surface area contributed by atoms with Gasteiger partial charge in [0.05, 0.1) is 12.2 Å². The van der Waals surface area contributed by atoms with E-state index >= 15 is 0 Å². The average Bonchev–Trinajstić information content (AvgIpc) is 3.48. The highest BCUT2D eigenvalue weighted by molar-refractivity contribution is 5.76. The van der Waals surface area contributed by atoms with Gasteiger partial charge in [-0.15, -0.1) is 0 Å². The second kappa shape index (κ2) is 18.2. The smallest absolute Gasteiger partial charge is 0.222 e. The van der Waals surface area contributed by atoms with Crippen molar-refractivity contribution in [2.75, 3.05) is 13.1 Å². The molecule has 3 nitrogen and oxygen atoms in total. The summed E-state index contributed by atoms with van der Waals surface area (Å²) in [6.45, 7) is 8.59. The van der Waals surface area contributed by atoms with Gasteiger partial charge >= 0.3 is 0 Å². The van der Waals surface area contributed by atoms with Gasteiger partial charge in [0, 0.05) is 19.5 Å². The molecule has 2 unspecified atom stereocenters. The van der Waals surface area contributed by atoms with Crippen LogP contribution < -0.4 is 0 Å². The van der Waals surface area contributed by atoms with Crippen LogP contribution in [0.15, 0.2) is 0 Å². The molecule has 3 heteroatoms. The third-order valence-corrected chi connectivity index (χ3v) is 6.33. The number of unbranched alkanes of at least 4 members (excludes halogenated alkanes) is 11. The van der Waals surface area contributed by atoms with Crippen LogP contribution in [0.5, 0.6) is 0 Å². The lowest BCUT2D eigenvalue weighted by molar-refractivity contribution is -0.131. The second-order valence-electron chi connectivity index (χ2n) is 9.16. The molecule has 0 saturated carbocycles. The van der Waals surface area contributed by atoms with Crippen molar-refractivity contribution in [3.63, 3.8) is 0 Å². The number of carbonyl (C=O) groups is 1. The zero-order chi connectivity index (χ0) is 21.2. The van der Waals surface area contributed by atoms with E-state index in [1.54, 1.807) is 0 Å². The maximum atomic E-state index is 12.4. The Bertz CT molecular complexity index is 377. The fourth-order valence-electron chi connectivity index (χ4n) is 4.18. The van der Waals surface area contributed by atoms with E-state index in [2.05, 4.69) is 25.7 Å². The summed E-state index contributed by atoms with van der Waals surface area (Å²) in [7, 11) is 0. The van der Waals surface area contributed by atoms with E-state index in [0.717, 1.165) is 38.8 Å². The van der Waals surface area contributed by atoms with Gasteiger partial charge in [-0.2, -0.15) is 0 Å². The first-order valence-electron chi connectivity index (χ1n) is 13.2. The van der Waals surface area contributed by atoms with Gasteiger partial charge in [-0.05, 0) is 32.1 Å². The Morgan fingerprint density at radius 3 is 1.59 bits per heavy atom. The standard InChI is InChI=1S/C26H51NO2/c1-4-7-10-11-13-16-19-24-25(29-24)20-17-14-12-15-18-21-26(28)27(22-8-5-2)23-9-6-3/h24-25H,4-23H2,1-3H3. The van der Waals surface area contributed by atoms with Gasteiger partial charge in [-0.25, -0.2) is 0 Å². The Kier molecular flexibility index (Phi) is 16.6. The molecule has 2 atom stereocenters. The Hall–Kier alpha value is -0.570. The lowest BCUT2D eigenvalue weighted by Gasteiger charge is -2.22. The van der Waals surface area contributed by atoms with Crippen molar-refractivity contribution in [1.29, 1.82) is 0 Å². The minimum absolute atomic E-state index is 0.385. The fourth-order valence-corrected chi connectivity index (χ4v) is 4.18. The summed E-state index contributed by atoms with van der Waals surface area (Å²) >= 11 is 0. The fraction of sp³-hybridized carbons (Fsp3) is 0.962. The number of nitrogens with zero attached hydrogens (tertiary/aromatic N) is 1. The van der Waals surface area contributed by atoms with Crippen molar-refractivity contribution in [3.05, 3.63) is 0 Å². The molecule has 1 aliphatic rings. The molecule has 0 bridgehead atoms. The van der Waals surface area contributed by atoms with E-state index < -0.39 is 0 Å². The number of rotatable bonds is 21. The second-order valence-corrected chi connectivity index (χ2v) is 9.16. The molecule has 29 heavy (non-hydrogen) atoms. The quantitative estimate of drug-likeness (QED) is 0.144. The highest BCUT2D eigenvalue weighted by Crippen LogP contribution is 2.31. The SMILES string of the molecule is CCCCCCCCC1OC1CCCCCCCC(=O)N(CCCC)CCCC. The van der Waals surface area contributed by atoms with Gasteiger partial charge in [-0.3, -0.25) is 4.79 Å². The summed E-state index contributed by atoms with van der Waals surface area (Å²) in [4.78, 5) is 14.6. The van der Waals surface area contributed by atoms with Crippen LogP contribution >= 0.6 is 0 Å². The van der Waals surface area contributed by atoms with Crippen molar-refractivity contribution in [1.82, 2.24) is 4.90 Å². The van der Waals surface area contributed by atoms with E-state index in [1.807, 2.05) is 0 Å². The molecule has 0 spiro atoms. The molecule has 0 aromatic rings. The molecule has 0 aliphatic carbocycles. The molecule has 1 amide bonds. The van der Waals surface area contributed by atoms with Gasteiger partial charge in [0.15, 0.2) is 0 Å². The molecule has 0 radical (unpaired) electrons. The molecule has 1 aliphatic heterocycles. The van der Waals surface area contributed by atoms with E-state index in [1.165, 1.54) is 89.9 Å². The zero-order valence-corrected chi connectivity index (χ0v) is 20.1. The predicted molar refractivity (Wildman–Crippen MR) is 125 cm³/mol. The Labute approximate surface area is 182 Å². The summed E-state index contributed by atoms with van der Waals surface area (Å²) in [5.41, 5.74) is 0. The van der Waals surface area contributed by atoms with Gasteiger partial charge in [0.2, 0.25) is 5.91 Å².